The van der Waals surface area contributed by atoms with Gasteiger partial charge in [-0.25, -0.2) is 9.78 Å². The number of carbonyl (C=O) groups is 2. The number of aliphatic hydroxyl groups is 1. The first kappa shape index (κ1) is 15.2. The summed E-state index contributed by atoms with van der Waals surface area (Å²) < 4.78 is 6.53. The van der Waals surface area contributed by atoms with Crippen molar-refractivity contribution in [1.29, 1.82) is 0 Å². The zero-order chi connectivity index (χ0) is 16.4. The molecular weight excluding hydrogens is 298 g/mol. The van der Waals surface area contributed by atoms with E-state index in [2.05, 4.69) is 10.3 Å². The van der Waals surface area contributed by atoms with Crippen LogP contribution in [0.1, 0.15) is 23.2 Å². The molecule has 0 bridgehead atoms. The van der Waals surface area contributed by atoms with Crippen LogP contribution < -0.4 is 5.32 Å². The molecule has 7 heteroatoms. The molecule has 1 aromatic carbocycles. The normalized spacial score (nSPS) is 23.0. The fourth-order valence-corrected chi connectivity index (χ4v) is 2.77. The van der Waals surface area contributed by atoms with Gasteiger partial charge in [0, 0.05) is 36.5 Å². The molecule has 1 amide bonds. The number of nitrogens with one attached hydrogen (secondary N) is 1. The van der Waals surface area contributed by atoms with Gasteiger partial charge >= 0.3 is 5.97 Å². The monoisotopic (exact) mass is 315 g/mol. The largest absolute Gasteiger partial charge is 0.467 e. The van der Waals surface area contributed by atoms with E-state index in [0.29, 0.717) is 5.56 Å². The summed E-state index contributed by atoms with van der Waals surface area (Å²) in [6, 6.07) is 6.97. The molecule has 3 rings (SSSR count). The molecule has 2 N–H and O–H groups in total. The number of aromatic nitrogens is 2. The topological polar surface area (TPSA) is 93.5 Å². The highest BCUT2D eigenvalue weighted by Crippen LogP contribution is 2.33. The van der Waals surface area contributed by atoms with Gasteiger partial charge in [0.05, 0.1) is 19.5 Å². The van der Waals surface area contributed by atoms with Crippen molar-refractivity contribution in [2.75, 3.05) is 7.11 Å². The van der Waals surface area contributed by atoms with Crippen molar-refractivity contribution in [2.45, 2.75) is 24.5 Å². The van der Waals surface area contributed by atoms with Crippen LogP contribution in [0.4, 0.5) is 0 Å². The van der Waals surface area contributed by atoms with Gasteiger partial charge in [-0.15, -0.1) is 0 Å². The van der Waals surface area contributed by atoms with Crippen molar-refractivity contribution in [2.24, 2.45) is 0 Å². The Labute approximate surface area is 132 Å². The van der Waals surface area contributed by atoms with Crippen LogP contribution in [0.2, 0.25) is 0 Å². The van der Waals surface area contributed by atoms with Gasteiger partial charge in [-0.1, -0.05) is 6.07 Å². The summed E-state index contributed by atoms with van der Waals surface area (Å²) in [4.78, 5) is 28.4. The second kappa shape index (κ2) is 5.85. The molecule has 0 saturated heterocycles. The fraction of sp³-hybridized carbons (Fsp3) is 0.312. The summed E-state index contributed by atoms with van der Waals surface area (Å²) in [5, 5.41) is 12.2. The van der Waals surface area contributed by atoms with E-state index in [0.717, 1.165) is 5.69 Å². The molecule has 1 fully saturated rings. The smallest absolute Gasteiger partial charge is 0.331 e. The maximum absolute atomic E-state index is 12.5. The summed E-state index contributed by atoms with van der Waals surface area (Å²) >= 11 is 0. The number of nitrogens with zero attached hydrogens (tertiary/aromatic N) is 2. The van der Waals surface area contributed by atoms with Crippen LogP contribution in [0.3, 0.4) is 0 Å². The molecule has 1 aromatic heterocycles. The van der Waals surface area contributed by atoms with Gasteiger partial charge in [-0.3, -0.25) is 4.79 Å². The summed E-state index contributed by atoms with van der Waals surface area (Å²) in [5.41, 5.74) is 0.0628. The van der Waals surface area contributed by atoms with E-state index in [1.54, 1.807) is 41.5 Å². The third-order valence-corrected chi connectivity index (χ3v) is 4.01. The van der Waals surface area contributed by atoms with Crippen molar-refractivity contribution in [3.63, 3.8) is 0 Å². The lowest BCUT2D eigenvalue weighted by Gasteiger charge is -2.42. The number of aliphatic hydroxyl groups excluding tert-OH is 1. The molecule has 0 aliphatic heterocycles. The van der Waals surface area contributed by atoms with Crippen molar-refractivity contribution < 1.29 is 19.4 Å². The van der Waals surface area contributed by atoms with E-state index < -0.39 is 17.6 Å². The van der Waals surface area contributed by atoms with Gasteiger partial charge in [-0.2, -0.15) is 0 Å². The number of hydrogen-bond donors (Lipinski definition) is 2. The number of imidazole rings is 1. The fourth-order valence-electron chi connectivity index (χ4n) is 2.77. The third-order valence-electron chi connectivity index (χ3n) is 4.01. The summed E-state index contributed by atoms with van der Waals surface area (Å²) in [7, 11) is 1.26. The molecular formula is C16H17N3O4. The SMILES string of the molecule is COC(=O)[C@]1(NC(=O)c2cccc(-n3ccnc3)c2)C[C@@H](O)C1. The Morgan fingerprint density at radius 1 is 1.43 bits per heavy atom. The number of methoxy groups -OCH3 is 1. The summed E-state index contributed by atoms with van der Waals surface area (Å²) in [6.45, 7) is 0. The maximum atomic E-state index is 12.5. The van der Waals surface area contributed by atoms with Crippen molar-refractivity contribution in [3.8, 4) is 5.69 Å². The van der Waals surface area contributed by atoms with Crippen molar-refractivity contribution in [1.82, 2.24) is 14.9 Å². The second-order valence-electron chi connectivity index (χ2n) is 5.61. The van der Waals surface area contributed by atoms with Crippen LogP contribution in [0.15, 0.2) is 43.0 Å². The minimum Gasteiger partial charge on any atom is -0.467 e. The zero-order valence-corrected chi connectivity index (χ0v) is 12.6. The van der Waals surface area contributed by atoms with Crippen LogP contribution in [-0.4, -0.2) is 45.3 Å². The van der Waals surface area contributed by atoms with Crippen LogP contribution in [0.25, 0.3) is 5.69 Å². The lowest BCUT2D eigenvalue weighted by atomic mass is 9.74. The Balaban J connectivity index is 1.81. The Morgan fingerprint density at radius 3 is 2.83 bits per heavy atom. The molecule has 120 valence electrons. The number of esters is 1. The van der Waals surface area contributed by atoms with E-state index in [1.807, 2.05) is 6.07 Å². The number of carbonyl (C=O) groups excluding carboxylic acids is 2. The van der Waals surface area contributed by atoms with E-state index in [9.17, 15) is 14.7 Å². The summed E-state index contributed by atoms with van der Waals surface area (Å²) in [6.07, 6.45) is 4.77. The summed E-state index contributed by atoms with van der Waals surface area (Å²) in [5.74, 6) is -0.925. The Hall–Kier alpha value is -2.67. The first-order valence-corrected chi connectivity index (χ1v) is 7.21. The molecule has 0 atom stereocenters. The molecule has 1 saturated carbocycles. The minimum atomic E-state index is -1.14. The molecule has 23 heavy (non-hydrogen) atoms. The highest BCUT2D eigenvalue weighted by atomic mass is 16.5. The zero-order valence-electron chi connectivity index (χ0n) is 12.6. The van der Waals surface area contributed by atoms with E-state index in [1.165, 1.54) is 7.11 Å². The number of rotatable bonds is 4. The van der Waals surface area contributed by atoms with Crippen LogP contribution >= 0.6 is 0 Å². The average Bonchev–Trinajstić information content (AvgIpc) is 3.06. The molecule has 0 spiro atoms. The Bertz CT molecular complexity index is 721. The van der Waals surface area contributed by atoms with Crippen molar-refractivity contribution >= 4 is 11.9 Å². The van der Waals surface area contributed by atoms with Crippen LogP contribution in [0.5, 0.6) is 0 Å². The van der Waals surface area contributed by atoms with E-state index >= 15 is 0 Å². The Morgan fingerprint density at radius 2 is 2.22 bits per heavy atom. The maximum Gasteiger partial charge on any atom is 0.331 e. The average molecular weight is 315 g/mol. The second-order valence-corrected chi connectivity index (χ2v) is 5.61. The van der Waals surface area contributed by atoms with Crippen LogP contribution in [0, 0.1) is 0 Å². The highest BCUT2D eigenvalue weighted by Gasteiger charge is 2.52. The third kappa shape index (κ3) is 2.83. The number of ether oxygens (including phenoxy) is 1. The minimum absolute atomic E-state index is 0.159. The predicted octanol–water partition coefficient (Wildman–Crippen LogP) is 0.669. The highest BCUT2D eigenvalue weighted by molar-refractivity contribution is 5.99. The number of hydrogen-bond acceptors (Lipinski definition) is 5. The van der Waals surface area contributed by atoms with Crippen molar-refractivity contribution in [3.05, 3.63) is 48.5 Å². The lowest BCUT2D eigenvalue weighted by molar-refractivity contribution is -0.157. The van der Waals surface area contributed by atoms with Gasteiger partial charge in [0.15, 0.2) is 0 Å². The first-order chi connectivity index (χ1) is 11.0. The molecule has 1 aliphatic rings. The molecule has 2 aromatic rings. The van der Waals surface area contributed by atoms with Gasteiger partial charge in [0.25, 0.3) is 5.91 Å². The Kier molecular flexibility index (Phi) is 3.87. The number of benzene rings is 1. The molecule has 0 unspecified atom stereocenters. The lowest BCUT2D eigenvalue weighted by Crippen LogP contribution is -2.64. The standard InChI is InChI=1S/C16H17N3O4/c1-23-15(22)16(8-13(20)9-16)18-14(21)11-3-2-4-12(7-11)19-6-5-17-10-19/h2-7,10,13,20H,8-9H2,1H3,(H,18,21)/t13-,16+. The molecule has 1 aliphatic carbocycles. The van der Waals surface area contributed by atoms with E-state index in [4.69, 9.17) is 4.74 Å². The van der Waals surface area contributed by atoms with E-state index in [-0.39, 0.29) is 18.7 Å². The molecule has 1 heterocycles. The van der Waals surface area contributed by atoms with Gasteiger partial charge in [-0.05, 0) is 18.2 Å². The number of amides is 1. The molecule has 7 nitrogen and oxygen atoms in total. The molecule has 0 radical (unpaired) electrons. The first-order valence-electron chi connectivity index (χ1n) is 7.21. The quantitative estimate of drug-likeness (QED) is 0.809. The van der Waals surface area contributed by atoms with Gasteiger partial charge < -0.3 is 19.7 Å². The predicted molar refractivity (Wildman–Crippen MR) is 81.0 cm³/mol. The van der Waals surface area contributed by atoms with Gasteiger partial charge in [0.2, 0.25) is 0 Å². The van der Waals surface area contributed by atoms with Gasteiger partial charge in [0.1, 0.15) is 5.54 Å². The van der Waals surface area contributed by atoms with Crippen LogP contribution in [-0.2, 0) is 9.53 Å².